The summed E-state index contributed by atoms with van der Waals surface area (Å²) in [5.74, 6) is 6.08. The monoisotopic (exact) mass is 272 g/mol. The predicted octanol–water partition coefficient (Wildman–Crippen LogP) is 1.88. The minimum atomic E-state index is 0.00634. The van der Waals surface area contributed by atoms with Crippen molar-refractivity contribution in [1.82, 2.24) is 15.2 Å². The Bertz CT molecular complexity index is 376. The Kier molecular flexibility index (Phi) is 5.00. The topological polar surface area (TPSA) is 65.1 Å². The van der Waals surface area contributed by atoms with Gasteiger partial charge in [0.2, 0.25) is 0 Å². The third kappa shape index (κ3) is 2.85. The maximum atomic E-state index is 6.25. The molecule has 2 atom stereocenters. The number of halogens is 1. The molecule has 6 heteroatoms. The summed E-state index contributed by atoms with van der Waals surface area (Å²) in [5.41, 5.74) is 3.87. The lowest BCUT2D eigenvalue weighted by atomic mass is 9.92. The van der Waals surface area contributed by atoms with Crippen LogP contribution < -0.4 is 11.3 Å². The molecule has 3 N–H and O–H groups in total. The van der Waals surface area contributed by atoms with Crippen molar-refractivity contribution < 1.29 is 4.74 Å². The van der Waals surface area contributed by atoms with Gasteiger partial charge in [-0.1, -0.05) is 18.5 Å². The Labute approximate surface area is 113 Å². The van der Waals surface area contributed by atoms with Crippen molar-refractivity contribution in [2.45, 2.75) is 38.8 Å². The largest absolute Gasteiger partial charge is 0.381 e. The lowest BCUT2D eigenvalue weighted by Crippen LogP contribution is -2.38. The average Bonchev–Trinajstić information content (AvgIpc) is 2.75. The lowest BCUT2D eigenvalue weighted by molar-refractivity contribution is 0.0376. The molecule has 0 spiro atoms. The molecular formula is C12H21ClN4O. The van der Waals surface area contributed by atoms with Crippen LogP contribution in [0.25, 0.3) is 0 Å². The first-order valence-electron chi connectivity index (χ1n) is 6.53. The van der Waals surface area contributed by atoms with Crippen LogP contribution in [0, 0.1) is 5.92 Å². The fraction of sp³-hybridized carbons (Fsp3) is 0.750. The van der Waals surface area contributed by atoms with Crippen molar-refractivity contribution in [3.05, 3.63) is 16.9 Å². The molecular weight excluding hydrogens is 252 g/mol. The number of nitrogens with zero attached hydrogens (tertiary/aromatic N) is 2. The summed E-state index contributed by atoms with van der Waals surface area (Å²) in [7, 11) is 0. The lowest BCUT2D eigenvalue weighted by Gasteiger charge is -2.30. The molecule has 1 aliphatic rings. The highest BCUT2D eigenvalue weighted by atomic mass is 35.5. The third-order valence-electron chi connectivity index (χ3n) is 3.41. The normalized spacial score (nSPS) is 22.1. The van der Waals surface area contributed by atoms with Crippen LogP contribution in [0.3, 0.4) is 0 Å². The van der Waals surface area contributed by atoms with Crippen LogP contribution >= 0.6 is 11.6 Å². The molecule has 0 bridgehead atoms. The number of hydrazine groups is 1. The summed E-state index contributed by atoms with van der Waals surface area (Å²) in [4.78, 5) is 0. The second-order valence-electron chi connectivity index (χ2n) is 4.72. The zero-order chi connectivity index (χ0) is 13.0. The van der Waals surface area contributed by atoms with E-state index in [2.05, 4.69) is 17.4 Å². The standard InChI is InChI=1S/C12H21ClN4O/c1-2-5-17-12(10(13)7-15-17)11(16-14)9-4-3-6-18-8-9/h7,9,11,16H,2-6,8,14H2,1H3. The van der Waals surface area contributed by atoms with E-state index in [1.807, 2.05) is 4.68 Å². The Morgan fingerprint density at radius 2 is 2.56 bits per heavy atom. The number of aryl methyl sites for hydroxylation is 1. The first kappa shape index (κ1) is 13.8. The highest BCUT2D eigenvalue weighted by Crippen LogP contribution is 2.32. The highest BCUT2D eigenvalue weighted by Gasteiger charge is 2.29. The van der Waals surface area contributed by atoms with Gasteiger partial charge in [-0.05, 0) is 19.3 Å². The molecule has 0 amide bonds. The summed E-state index contributed by atoms with van der Waals surface area (Å²) >= 11 is 6.25. The van der Waals surface area contributed by atoms with E-state index in [0.29, 0.717) is 10.9 Å². The van der Waals surface area contributed by atoms with E-state index >= 15 is 0 Å². The van der Waals surface area contributed by atoms with E-state index in [-0.39, 0.29) is 6.04 Å². The summed E-state index contributed by atoms with van der Waals surface area (Å²) in [6.45, 7) is 4.54. The smallest absolute Gasteiger partial charge is 0.0834 e. The van der Waals surface area contributed by atoms with Gasteiger partial charge in [0.15, 0.2) is 0 Å². The molecule has 102 valence electrons. The van der Waals surface area contributed by atoms with Crippen molar-refractivity contribution in [3.8, 4) is 0 Å². The Hall–Kier alpha value is -0.620. The SMILES string of the molecule is CCCn1ncc(Cl)c1C(NN)C1CCCOC1. The van der Waals surface area contributed by atoms with Crippen molar-refractivity contribution in [1.29, 1.82) is 0 Å². The fourth-order valence-corrected chi connectivity index (χ4v) is 2.80. The Balaban J connectivity index is 2.22. The molecule has 1 aromatic rings. The number of ether oxygens (including phenoxy) is 1. The predicted molar refractivity (Wildman–Crippen MR) is 71.1 cm³/mol. The van der Waals surface area contributed by atoms with Gasteiger partial charge < -0.3 is 4.74 Å². The number of aromatic nitrogens is 2. The summed E-state index contributed by atoms with van der Waals surface area (Å²) < 4.78 is 7.48. The van der Waals surface area contributed by atoms with Gasteiger partial charge in [-0.25, -0.2) is 0 Å². The van der Waals surface area contributed by atoms with Gasteiger partial charge in [0.05, 0.1) is 29.6 Å². The van der Waals surface area contributed by atoms with E-state index in [1.165, 1.54) is 0 Å². The summed E-state index contributed by atoms with van der Waals surface area (Å²) in [6, 6.07) is 0.00634. The zero-order valence-corrected chi connectivity index (χ0v) is 11.5. The number of nitrogens with two attached hydrogens (primary N) is 1. The van der Waals surface area contributed by atoms with Gasteiger partial charge in [-0.3, -0.25) is 16.0 Å². The van der Waals surface area contributed by atoms with Gasteiger partial charge >= 0.3 is 0 Å². The molecule has 2 heterocycles. The van der Waals surface area contributed by atoms with E-state index in [9.17, 15) is 0 Å². The van der Waals surface area contributed by atoms with E-state index < -0.39 is 0 Å². The van der Waals surface area contributed by atoms with E-state index in [4.69, 9.17) is 22.2 Å². The maximum Gasteiger partial charge on any atom is 0.0834 e. The fourth-order valence-electron chi connectivity index (χ4n) is 2.54. The molecule has 1 fully saturated rings. The molecule has 2 unspecified atom stereocenters. The van der Waals surface area contributed by atoms with Gasteiger partial charge in [0, 0.05) is 19.1 Å². The molecule has 1 saturated heterocycles. The van der Waals surface area contributed by atoms with Gasteiger partial charge in [0.1, 0.15) is 0 Å². The number of nitrogens with one attached hydrogen (secondary N) is 1. The molecule has 0 saturated carbocycles. The molecule has 2 rings (SSSR count). The molecule has 0 aromatic carbocycles. The van der Waals surface area contributed by atoms with Crippen LogP contribution in [0.5, 0.6) is 0 Å². The van der Waals surface area contributed by atoms with Crippen LogP contribution in [0.1, 0.15) is 37.9 Å². The number of hydrogen-bond donors (Lipinski definition) is 2. The summed E-state index contributed by atoms with van der Waals surface area (Å²) in [5, 5.41) is 5.00. The second kappa shape index (κ2) is 6.52. The van der Waals surface area contributed by atoms with Crippen molar-refractivity contribution in [3.63, 3.8) is 0 Å². The number of hydrogen-bond acceptors (Lipinski definition) is 4. The molecule has 0 radical (unpaired) electrons. The average molecular weight is 273 g/mol. The Morgan fingerprint density at radius 3 is 3.17 bits per heavy atom. The van der Waals surface area contributed by atoms with Crippen LogP contribution in [0.4, 0.5) is 0 Å². The minimum Gasteiger partial charge on any atom is -0.381 e. The van der Waals surface area contributed by atoms with Crippen LogP contribution in [-0.4, -0.2) is 23.0 Å². The van der Waals surface area contributed by atoms with E-state index in [1.54, 1.807) is 6.20 Å². The van der Waals surface area contributed by atoms with Crippen LogP contribution in [-0.2, 0) is 11.3 Å². The minimum absolute atomic E-state index is 0.00634. The van der Waals surface area contributed by atoms with Gasteiger partial charge in [0.25, 0.3) is 0 Å². The van der Waals surface area contributed by atoms with Crippen molar-refractivity contribution in [2.24, 2.45) is 11.8 Å². The molecule has 5 nitrogen and oxygen atoms in total. The van der Waals surface area contributed by atoms with Crippen LogP contribution in [0.15, 0.2) is 6.20 Å². The first-order chi connectivity index (χ1) is 8.77. The van der Waals surface area contributed by atoms with Crippen molar-refractivity contribution >= 4 is 11.6 Å². The Morgan fingerprint density at radius 1 is 1.72 bits per heavy atom. The molecule has 18 heavy (non-hydrogen) atoms. The second-order valence-corrected chi connectivity index (χ2v) is 5.13. The van der Waals surface area contributed by atoms with E-state index in [0.717, 1.165) is 44.7 Å². The molecule has 1 aliphatic heterocycles. The highest BCUT2D eigenvalue weighted by molar-refractivity contribution is 6.31. The molecule has 1 aromatic heterocycles. The van der Waals surface area contributed by atoms with Gasteiger partial charge in [-0.15, -0.1) is 0 Å². The maximum absolute atomic E-state index is 6.25. The molecule has 0 aliphatic carbocycles. The number of rotatable bonds is 5. The third-order valence-corrected chi connectivity index (χ3v) is 3.70. The zero-order valence-electron chi connectivity index (χ0n) is 10.7. The first-order valence-corrected chi connectivity index (χ1v) is 6.90. The van der Waals surface area contributed by atoms with Crippen LogP contribution in [0.2, 0.25) is 5.02 Å². The quantitative estimate of drug-likeness (QED) is 0.634. The summed E-state index contributed by atoms with van der Waals surface area (Å²) in [6.07, 6.45) is 4.88. The van der Waals surface area contributed by atoms with Crippen molar-refractivity contribution in [2.75, 3.05) is 13.2 Å². The van der Waals surface area contributed by atoms with Gasteiger partial charge in [-0.2, -0.15) is 5.10 Å².